The van der Waals surface area contributed by atoms with E-state index in [-0.39, 0.29) is 0 Å². The van der Waals surface area contributed by atoms with E-state index in [0.717, 1.165) is 0 Å². The molecule has 0 unspecified atom stereocenters. The Bertz CT molecular complexity index is 586. The highest BCUT2D eigenvalue weighted by Gasteiger charge is 1.98. The van der Waals surface area contributed by atoms with Crippen molar-refractivity contribution in [2.45, 2.75) is 0 Å². The third-order valence-corrected chi connectivity index (χ3v) is 3.74. The monoisotopic (exact) mass is 328 g/mol. The number of hydrogen-bond acceptors (Lipinski definition) is 0. The Morgan fingerprint density at radius 1 is 0.409 bits per heavy atom. The van der Waals surface area contributed by atoms with Crippen molar-refractivity contribution in [2.24, 2.45) is 0 Å². The molecule has 0 nitrogen and oxygen atoms in total. The molecule has 0 radical (unpaired) electrons. The molecule has 2 heteroatoms. The van der Waals surface area contributed by atoms with E-state index >= 15 is 0 Å². The molecule has 0 N–H and O–H groups in total. The van der Waals surface area contributed by atoms with E-state index < -0.39 is 0 Å². The maximum Gasteiger partial charge on any atom is 0.0359 e. The summed E-state index contributed by atoms with van der Waals surface area (Å²) in [5, 5.41) is 0. The number of hydrogen-bond donors (Lipinski definition) is 0. The molecule has 0 saturated heterocycles. The summed E-state index contributed by atoms with van der Waals surface area (Å²) in [6, 6.07) is 29.6. The zero-order valence-corrected chi connectivity index (χ0v) is 13.8. The maximum atomic E-state index is 5.05. The van der Waals surface area contributed by atoms with Crippen LogP contribution < -0.4 is 0 Å². The van der Waals surface area contributed by atoms with Gasteiger partial charge in [0.15, 0.2) is 0 Å². The summed E-state index contributed by atoms with van der Waals surface area (Å²) in [6.07, 6.45) is 0. The SMILES string of the molecule is ClCCCl.c1ccc(-c2ccc(-c3ccccc3)cc2)cc1. The molecule has 0 aromatic heterocycles. The fourth-order valence-corrected chi connectivity index (χ4v) is 2.12. The van der Waals surface area contributed by atoms with Gasteiger partial charge in [-0.3, -0.25) is 0 Å². The van der Waals surface area contributed by atoms with Crippen LogP contribution in [0.5, 0.6) is 0 Å². The van der Waals surface area contributed by atoms with Crippen molar-refractivity contribution >= 4 is 23.2 Å². The quantitative estimate of drug-likeness (QED) is 0.482. The van der Waals surface area contributed by atoms with Crippen LogP contribution in [0.25, 0.3) is 22.3 Å². The molecule has 3 rings (SSSR count). The highest BCUT2D eigenvalue weighted by Crippen LogP contribution is 2.24. The van der Waals surface area contributed by atoms with Crippen LogP contribution >= 0.6 is 23.2 Å². The molecule has 0 aliphatic heterocycles. The third kappa shape index (κ3) is 4.91. The van der Waals surface area contributed by atoms with E-state index in [4.69, 9.17) is 23.2 Å². The largest absolute Gasteiger partial charge is 0.125 e. The van der Waals surface area contributed by atoms with Crippen LogP contribution in [-0.4, -0.2) is 11.8 Å². The molecule has 0 fully saturated rings. The lowest BCUT2D eigenvalue weighted by atomic mass is 10.0. The predicted molar refractivity (Wildman–Crippen MR) is 98.8 cm³/mol. The predicted octanol–water partition coefficient (Wildman–Crippen LogP) is 6.48. The summed E-state index contributed by atoms with van der Waals surface area (Å²) in [5.41, 5.74) is 5.04. The normalized spacial score (nSPS) is 9.73. The first-order valence-electron chi connectivity index (χ1n) is 7.18. The summed E-state index contributed by atoms with van der Waals surface area (Å²) in [4.78, 5) is 0. The molecule has 3 aromatic carbocycles. The Morgan fingerprint density at radius 3 is 0.955 bits per heavy atom. The smallest absolute Gasteiger partial charge is 0.0359 e. The lowest BCUT2D eigenvalue weighted by Crippen LogP contribution is -1.79. The van der Waals surface area contributed by atoms with Gasteiger partial charge in [-0.15, -0.1) is 23.2 Å². The summed E-state index contributed by atoms with van der Waals surface area (Å²) in [5.74, 6) is 1.11. The van der Waals surface area contributed by atoms with Gasteiger partial charge in [-0.1, -0.05) is 84.9 Å². The first-order valence-corrected chi connectivity index (χ1v) is 8.25. The van der Waals surface area contributed by atoms with Crippen molar-refractivity contribution < 1.29 is 0 Å². The second-order valence-electron chi connectivity index (χ2n) is 4.69. The summed E-state index contributed by atoms with van der Waals surface area (Å²) < 4.78 is 0. The Hall–Kier alpha value is -1.76. The third-order valence-electron chi connectivity index (χ3n) is 3.17. The second-order valence-corrected chi connectivity index (χ2v) is 5.44. The second kappa shape index (κ2) is 9.30. The zero-order chi connectivity index (χ0) is 15.6. The Kier molecular flexibility index (Phi) is 7.02. The molecule has 0 aliphatic rings. The van der Waals surface area contributed by atoms with Gasteiger partial charge in [0.2, 0.25) is 0 Å². The van der Waals surface area contributed by atoms with Gasteiger partial charge in [0.1, 0.15) is 0 Å². The van der Waals surface area contributed by atoms with E-state index in [1.54, 1.807) is 0 Å². The molecule has 0 heterocycles. The molecule has 112 valence electrons. The minimum Gasteiger partial charge on any atom is -0.125 e. The Labute approximate surface area is 142 Å². The van der Waals surface area contributed by atoms with Gasteiger partial charge in [0, 0.05) is 11.8 Å². The first-order chi connectivity index (χ1) is 10.8. The van der Waals surface area contributed by atoms with Gasteiger partial charge < -0.3 is 0 Å². The van der Waals surface area contributed by atoms with Crippen LogP contribution in [0.1, 0.15) is 0 Å². The highest BCUT2D eigenvalue weighted by atomic mass is 35.5. The molecular formula is C20H18Cl2. The molecule has 22 heavy (non-hydrogen) atoms. The van der Waals surface area contributed by atoms with Crippen molar-refractivity contribution in [3.63, 3.8) is 0 Å². The zero-order valence-electron chi connectivity index (χ0n) is 12.3. The van der Waals surface area contributed by atoms with E-state index in [2.05, 4.69) is 72.8 Å². The van der Waals surface area contributed by atoms with Crippen LogP contribution in [-0.2, 0) is 0 Å². The minimum absolute atomic E-state index is 0.557. The van der Waals surface area contributed by atoms with Crippen LogP contribution in [0.4, 0.5) is 0 Å². The number of rotatable bonds is 3. The molecule has 0 spiro atoms. The maximum absolute atomic E-state index is 5.05. The fraction of sp³-hybridized carbons (Fsp3) is 0.100. The fourth-order valence-electron chi connectivity index (χ4n) is 2.12. The Morgan fingerprint density at radius 2 is 0.682 bits per heavy atom. The van der Waals surface area contributed by atoms with Crippen molar-refractivity contribution in [1.29, 1.82) is 0 Å². The van der Waals surface area contributed by atoms with E-state index in [0.29, 0.717) is 11.8 Å². The van der Waals surface area contributed by atoms with Crippen LogP contribution in [0.15, 0.2) is 84.9 Å². The van der Waals surface area contributed by atoms with Crippen LogP contribution in [0, 0.1) is 0 Å². The van der Waals surface area contributed by atoms with E-state index in [1.165, 1.54) is 22.3 Å². The van der Waals surface area contributed by atoms with Gasteiger partial charge in [-0.2, -0.15) is 0 Å². The van der Waals surface area contributed by atoms with Gasteiger partial charge >= 0.3 is 0 Å². The van der Waals surface area contributed by atoms with Gasteiger partial charge in [-0.25, -0.2) is 0 Å². The van der Waals surface area contributed by atoms with Gasteiger partial charge in [-0.05, 0) is 22.3 Å². The number of benzene rings is 3. The van der Waals surface area contributed by atoms with Gasteiger partial charge in [0.05, 0.1) is 0 Å². The topological polar surface area (TPSA) is 0 Å². The Balaban J connectivity index is 0.000000396. The molecule has 0 aliphatic carbocycles. The lowest BCUT2D eigenvalue weighted by Gasteiger charge is -2.04. The number of halogens is 2. The summed E-state index contributed by atoms with van der Waals surface area (Å²) >= 11 is 10.1. The summed E-state index contributed by atoms with van der Waals surface area (Å²) in [7, 11) is 0. The van der Waals surface area contributed by atoms with Crippen LogP contribution in [0.3, 0.4) is 0 Å². The molecule has 3 aromatic rings. The molecule has 0 saturated carbocycles. The minimum atomic E-state index is 0.557. The molecule has 0 bridgehead atoms. The van der Waals surface area contributed by atoms with Crippen molar-refractivity contribution in [3.8, 4) is 22.3 Å². The van der Waals surface area contributed by atoms with Crippen LogP contribution in [0.2, 0.25) is 0 Å². The first kappa shape index (κ1) is 16.6. The average Bonchev–Trinajstić information content (AvgIpc) is 2.63. The lowest BCUT2D eigenvalue weighted by molar-refractivity contribution is 1.52. The molecule has 0 atom stereocenters. The van der Waals surface area contributed by atoms with Gasteiger partial charge in [0.25, 0.3) is 0 Å². The average molecular weight is 329 g/mol. The van der Waals surface area contributed by atoms with Crippen molar-refractivity contribution in [3.05, 3.63) is 84.9 Å². The summed E-state index contributed by atoms with van der Waals surface area (Å²) in [6.45, 7) is 0. The molecular weight excluding hydrogens is 311 g/mol. The van der Waals surface area contributed by atoms with E-state index in [9.17, 15) is 0 Å². The number of alkyl halides is 2. The highest BCUT2D eigenvalue weighted by molar-refractivity contribution is 6.25. The van der Waals surface area contributed by atoms with Crippen molar-refractivity contribution in [2.75, 3.05) is 11.8 Å². The standard InChI is InChI=1S/C18H14.C2H4Cl2/c1-3-7-15(8-4-1)17-11-13-18(14-12-17)16-9-5-2-6-10-16;3-1-2-4/h1-14H;1-2H2. The molecule has 0 amide bonds. The van der Waals surface area contributed by atoms with E-state index in [1.807, 2.05) is 12.1 Å². The van der Waals surface area contributed by atoms with Crippen molar-refractivity contribution in [1.82, 2.24) is 0 Å².